The van der Waals surface area contributed by atoms with E-state index in [1.807, 2.05) is 21.1 Å². The number of rotatable bonds is 47. The van der Waals surface area contributed by atoms with Gasteiger partial charge in [-0.15, -0.1) is 0 Å². The van der Waals surface area contributed by atoms with Crippen molar-refractivity contribution >= 4 is 19.8 Å². The Bertz CT molecular complexity index is 1770. The molecule has 0 rings (SSSR count). The molecule has 0 aliphatic rings. The first kappa shape index (κ1) is 67.6. The molecule has 0 amide bonds. The van der Waals surface area contributed by atoms with Crippen molar-refractivity contribution in [1.82, 2.24) is 0 Å². The van der Waals surface area contributed by atoms with E-state index >= 15 is 0 Å². The van der Waals surface area contributed by atoms with Gasteiger partial charge in [-0.3, -0.25) is 14.2 Å². The molecule has 404 valence electrons. The zero-order chi connectivity index (χ0) is 52.7. The Hall–Kier alpha value is -4.37. The molecule has 0 heterocycles. The first-order valence-electron chi connectivity index (χ1n) is 27.2. The highest BCUT2D eigenvalue weighted by atomic mass is 31.2. The van der Waals surface area contributed by atoms with Crippen LogP contribution in [0.5, 0.6) is 0 Å². The highest BCUT2D eigenvalue weighted by molar-refractivity contribution is 7.45. The summed E-state index contributed by atoms with van der Waals surface area (Å²) in [6, 6.07) is 0. The van der Waals surface area contributed by atoms with Crippen molar-refractivity contribution in [3.63, 3.8) is 0 Å². The lowest BCUT2D eigenvalue weighted by molar-refractivity contribution is -0.870. The van der Waals surface area contributed by atoms with Crippen molar-refractivity contribution in [3.8, 4) is 0 Å². The summed E-state index contributed by atoms with van der Waals surface area (Å²) in [5, 5.41) is 0. The summed E-state index contributed by atoms with van der Waals surface area (Å²) in [5.74, 6) is -0.924. The van der Waals surface area contributed by atoms with E-state index in [1.54, 1.807) is 0 Å². The predicted octanol–water partition coefficient (Wildman–Crippen LogP) is 16.3. The molecule has 0 aliphatic heterocycles. The SMILES string of the molecule is CC/C=C\C/C=C\C/C=C\C/C=C\C/C=C\C/C=C\C/C=C\CCCCCCCC(=O)OC(COC(=O)CCCC/C=C\C/C=C\C/C=C\C/C=C\C/C=C\C/C=C\CC)COP(=O)([O-])OCC[N+](C)(C)C. The number of esters is 2. The van der Waals surface area contributed by atoms with E-state index in [0.717, 1.165) is 128 Å². The summed E-state index contributed by atoms with van der Waals surface area (Å²) in [5.41, 5.74) is 0. The molecule has 0 saturated heterocycles. The molecule has 0 aromatic carbocycles. The molecule has 9 nitrogen and oxygen atoms in total. The maximum atomic E-state index is 12.8. The first-order valence-corrected chi connectivity index (χ1v) is 28.7. The maximum absolute atomic E-state index is 12.8. The lowest BCUT2D eigenvalue weighted by Crippen LogP contribution is -2.37. The van der Waals surface area contributed by atoms with Gasteiger partial charge in [0, 0.05) is 12.8 Å². The average molecular weight is 1020 g/mol. The van der Waals surface area contributed by atoms with Crippen molar-refractivity contribution in [2.45, 2.75) is 174 Å². The number of likely N-dealkylation sites (N-methyl/N-ethyl adjacent to an activating group) is 1. The number of carbonyl (C=O) groups excluding carboxylic acids is 2. The number of hydrogen-bond acceptors (Lipinski definition) is 8. The van der Waals surface area contributed by atoms with Crippen LogP contribution < -0.4 is 4.89 Å². The third-order valence-electron chi connectivity index (χ3n) is 10.5. The molecule has 0 N–H and O–H groups in total. The summed E-state index contributed by atoms with van der Waals surface area (Å²) in [6.45, 7) is 3.90. The van der Waals surface area contributed by atoms with Gasteiger partial charge in [0.15, 0.2) is 6.10 Å². The summed E-state index contributed by atoms with van der Waals surface area (Å²) in [4.78, 5) is 37.8. The summed E-state index contributed by atoms with van der Waals surface area (Å²) >= 11 is 0. The molecule has 0 aromatic heterocycles. The molecule has 0 fully saturated rings. The van der Waals surface area contributed by atoms with Crippen LogP contribution in [0.2, 0.25) is 0 Å². The molecule has 10 heteroatoms. The second-order valence-corrected chi connectivity index (χ2v) is 19.9. The Morgan fingerprint density at radius 1 is 0.431 bits per heavy atom. The predicted molar refractivity (Wildman–Crippen MR) is 304 cm³/mol. The molecule has 0 bridgehead atoms. The summed E-state index contributed by atoms with van der Waals surface area (Å²) < 4.78 is 34.0. The zero-order valence-corrected chi connectivity index (χ0v) is 46.4. The highest BCUT2D eigenvalue weighted by Crippen LogP contribution is 2.38. The van der Waals surface area contributed by atoms with Crippen LogP contribution in [0.25, 0.3) is 0 Å². The van der Waals surface area contributed by atoms with Crippen LogP contribution in [-0.4, -0.2) is 70.0 Å². The van der Waals surface area contributed by atoms with E-state index in [2.05, 4.69) is 172 Å². The Labute approximate surface area is 439 Å². The van der Waals surface area contributed by atoms with Crippen molar-refractivity contribution < 1.29 is 42.1 Å². The van der Waals surface area contributed by atoms with Crippen molar-refractivity contribution in [2.75, 3.05) is 47.5 Å². The van der Waals surface area contributed by atoms with Crippen molar-refractivity contribution in [2.24, 2.45) is 0 Å². The molecule has 2 unspecified atom stereocenters. The Balaban J connectivity index is 4.39. The fourth-order valence-corrected chi connectivity index (χ4v) is 7.13. The van der Waals surface area contributed by atoms with E-state index in [-0.39, 0.29) is 26.1 Å². The van der Waals surface area contributed by atoms with E-state index in [1.165, 1.54) is 0 Å². The quantitative estimate of drug-likeness (QED) is 0.0195. The van der Waals surface area contributed by atoms with Gasteiger partial charge in [0.1, 0.15) is 19.8 Å². The van der Waals surface area contributed by atoms with E-state index in [4.69, 9.17) is 18.5 Å². The van der Waals surface area contributed by atoms with Gasteiger partial charge in [0.2, 0.25) is 0 Å². The molecule has 0 radical (unpaired) electrons. The Morgan fingerprint density at radius 2 is 0.750 bits per heavy atom. The monoisotopic (exact) mass is 1020 g/mol. The van der Waals surface area contributed by atoms with Crippen molar-refractivity contribution in [1.29, 1.82) is 0 Å². The van der Waals surface area contributed by atoms with Crippen LogP contribution >= 0.6 is 7.82 Å². The van der Waals surface area contributed by atoms with Crippen LogP contribution in [0.4, 0.5) is 0 Å². The minimum absolute atomic E-state index is 0.0527. The third kappa shape index (κ3) is 55.0. The lowest BCUT2D eigenvalue weighted by atomic mass is 10.1. The number of ether oxygens (including phenoxy) is 2. The molecular weight excluding hydrogens is 918 g/mol. The van der Waals surface area contributed by atoms with Gasteiger partial charge in [-0.1, -0.05) is 191 Å². The Kier molecular flexibility index (Phi) is 48.4. The zero-order valence-electron chi connectivity index (χ0n) is 45.5. The van der Waals surface area contributed by atoms with E-state index < -0.39 is 32.5 Å². The number of unbranched alkanes of at least 4 members (excludes halogenated alkanes) is 7. The maximum Gasteiger partial charge on any atom is 0.306 e. The fraction of sp³-hybridized carbons (Fsp3) is 0.548. The average Bonchev–Trinajstić information content (AvgIpc) is 3.34. The lowest BCUT2D eigenvalue weighted by Gasteiger charge is -2.28. The van der Waals surface area contributed by atoms with Gasteiger partial charge in [0.05, 0.1) is 27.7 Å². The van der Waals surface area contributed by atoms with E-state index in [0.29, 0.717) is 23.9 Å². The number of nitrogens with zero attached hydrogens (tertiary/aromatic N) is 1. The number of allylic oxidation sites excluding steroid dienone is 26. The highest BCUT2D eigenvalue weighted by Gasteiger charge is 2.21. The van der Waals surface area contributed by atoms with Crippen LogP contribution in [0.1, 0.15) is 168 Å². The molecule has 0 saturated carbocycles. The fourth-order valence-electron chi connectivity index (χ4n) is 6.40. The topological polar surface area (TPSA) is 111 Å². The van der Waals surface area contributed by atoms with Crippen LogP contribution in [0.15, 0.2) is 158 Å². The van der Waals surface area contributed by atoms with Crippen molar-refractivity contribution in [3.05, 3.63) is 158 Å². The number of phosphoric acid groups is 1. The molecule has 0 spiro atoms. The van der Waals surface area contributed by atoms with Gasteiger partial charge in [-0.2, -0.15) is 0 Å². The Morgan fingerprint density at radius 3 is 1.14 bits per heavy atom. The molecular formula is C62H98NO8P. The van der Waals surface area contributed by atoms with Crippen LogP contribution in [0.3, 0.4) is 0 Å². The largest absolute Gasteiger partial charge is 0.756 e. The molecule has 0 aromatic rings. The minimum atomic E-state index is -4.66. The molecule has 0 aliphatic carbocycles. The first-order chi connectivity index (χ1) is 35.0. The standard InChI is InChI=1S/C62H98NO8P/c1-6-8-10-12-14-16-18-20-22-24-26-28-29-30-31-32-33-35-37-39-41-43-45-47-49-51-53-55-62(65)71-60(59-70-72(66,67)69-57-56-63(3,4)5)58-68-61(64)54-52-50-48-46-44-42-40-38-36-34-27-25-23-21-19-17-15-13-11-9-7-2/h8-11,14-17,20-23,26-28,30-31,33-35,38-41,44,46,60H,6-7,12-13,18-19,24-25,29,32,36-37,42-43,45,47-59H2,1-5H3/b10-8-,11-9-,16-14-,17-15-,22-20-,23-21-,28-26-,31-30-,34-27-,35-33-,40-38-,41-39-,46-44-. The normalized spacial score (nSPS) is 14.6. The van der Waals surface area contributed by atoms with Gasteiger partial charge in [-0.05, 0) is 122 Å². The smallest absolute Gasteiger partial charge is 0.306 e. The number of hydrogen-bond donors (Lipinski definition) is 0. The summed E-state index contributed by atoms with van der Waals surface area (Å²) in [6.07, 6.45) is 77.1. The van der Waals surface area contributed by atoms with Gasteiger partial charge < -0.3 is 27.9 Å². The van der Waals surface area contributed by atoms with Gasteiger partial charge in [0.25, 0.3) is 7.82 Å². The molecule has 2 atom stereocenters. The van der Waals surface area contributed by atoms with Gasteiger partial charge in [-0.25, -0.2) is 0 Å². The summed E-state index contributed by atoms with van der Waals surface area (Å²) in [7, 11) is 1.10. The molecule has 72 heavy (non-hydrogen) atoms. The second-order valence-electron chi connectivity index (χ2n) is 18.5. The van der Waals surface area contributed by atoms with Crippen LogP contribution in [-0.2, 0) is 32.7 Å². The van der Waals surface area contributed by atoms with Crippen LogP contribution in [0, 0.1) is 0 Å². The number of phosphoric ester groups is 1. The van der Waals surface area contributed by atoms with E-state index in [9.17, 15) is 19.0 Å². The number of quaternary nitrogens is 1. The van der Waals surface area contributed by atoms with Gasteiger partial charge >= 0.3 is 11.9 Å². The second kappa shape index (κ2) is 51.5. The third-order valence-corrected chi connectivity index (χ3v) is 11.5. The number of carbonyl (C=O) groups is 2. The minimum Gasteiger partial charge on any atom is -0.756 e.